The summed E-state index contributed by atoms with van der Waals surface area (Å²) in [5.41, 5.74) is 11.4. The number of nitrogens with zero attached hydrogens (tertiary/aromatic N) is 15. The average molecular weight is 1510 g/mol. The molecule has 6 fully saturated rings. The summed E-state index contributed by atoms with van der Waals surface area (Å²) in [6.07, 6.45) is 19.2. The normalized spacial score (nSPS) is 23.3. The van der Waals surface area contributed by atoms with Crippen molar-refractivity contribution in [2.45, 2.75) is 231 Å². The number of aliphatic hydroxyl groups is 6. The highest BCUT2D eigenvalue weighted by Crippen LogP contribution is 2.32. The maximum absolute atomic E-state index is 13.1. The number of hydrogen-bond donors (Lipinski definition) is 6. The van der Waals surface area contributed by atoms with E-state index in [0.29, 0.717) is 94.3 Å². The van der Waals surface area contributed by atoms with E-state index in [4.69, 9.17) is 0 Å². The van der Waals surface area contributed by atoms with Gasteiger partial charge in [-0.15, -0.1) is 0 Å². The predicted octanol–water partition coefficient (Wildman–Crippen LogP) is 12.7. The van der Waals surface area contributed by atoms with Crippen molar-refractivity contribution in [2.75, 3.05) is 170 Å². The van der Waals surface area contributed by atoms with Gasteiger partial charge in [-0.05, 0) is 221 Å². The van der Waals surface area contributed by atoms with Gasteiger partial charge in [0.15, 0.2) is 0 Å². The molecule has 3 unspecified atom stereocenters. The summed E-state index contributed by atoms with van der Waals surface area (Å²) >= 11 is 0. The Morgan fingerprint density at radius 3 is 0.771 bits per heavy atom. The summed E-state index contributed by atoms with van der Waals surface area (Å²) in [6, 6.07) is 25.1. The highest BCUT2D eigenvalue weighted by atomic mass is 19.1. The number of β-amino-alcohol motifs (C(OH)–C–C–N with tert-alkyl or cyclic N) is 6. The third kappa shape index (κ3) is 29.1. The molecule has 12 heterocycles. The molecule has 0 aliphatic carbocycles. The summed E-state index contributed by atoms with van der Waals surface area (Å²) in [7, 11) is 12.1. The Morgan fingerprint density at radius 2 is 0.569 bits per heavy atom. The molecule has 0 bridgehead atoms. The molecule has 6 aliphatic heterocycles. The van der Waals surface area contributed by atoms with E-state index >= 15 is 0 Å². The molecule has 0 saturated carbocycles. The SMILES string of the molecule is CC(C)c1ccc(N2CCC(F)C(O)C2)cn1.CC(C)c1ccc(N2CCCC(O)(CN(C)C)C2)cn1.CC(C)c1ccc(N2CCC[C@@H](O)C2)cn1.CC(C)c1ccc(N2CCC[C@@](O)(CN(C)C)C2)cn1.CC(C)c1ccc(N2CCC[C@H](O)C2)cn1.CC(C)c1ccc(N2CCC[C@](O)(CN(C)C)C2)cn1. The van der Waals surface area contributed by atoms with Crippen LogP contribution in [0.1, 0.15) is 223 Å². The van der Waals surface area contributed by atoms with Crippen LogP contribution in [0, 0.1) is 0 Å². The maximum Gasteiger partial charge on any atom is 0.129 e. The highest BCUT2D eigenvalue weighted by Gasteiger charge is 2.37. The van der Waals surface area contributed by atoms with Crippen LogP contribution >= 0.6 is 0 Å². The molecule has 0 aromatic carbocycles. The Kier molecular flexibility index (Phi) is 35.1. The van der Waals surface area contributed by atoms with E-state index in [-0.39, 0.29) is 12.2 Å². The van der Waals surface area contributed by atoms with Crippen LogP contribution in [0.5, 0.6) is 0 Å². The van der Waals surface area contributed by atoms with Crippen molar-refractivity contribution < 1.29 is 35.0 Å². The second-order valence-corrected chi connectivity index (χ2v) is 34.3. The van der Waals surface area contributed by atoms with Crippen LogP contribution in [-0.2, 0) is 0 Å². The van der Waals surface area contributed by atoms with Gasteiger partial charge in [0.1, 0.15) is 12.3 Å². The van der Waals surface area contributed by atoms with Crippen LogP contribution in [0.25, 0.3) is 0 Å². The number of halogens is 1. The number of piperidine rings is 6. The molecule has 6 saturated heterocycles. The van der Waals surface area contributed by atoms with Gasteiger partial charge < -0.3 is 74.7 Å². The largest absolute Gasteiger partial charge is 0.391 e. The zero-order valence-electron chi connectivity index (χ0n) is 69.8. The molecular formula is C87H140FN15O6. The fourth-order valence-corrected chi connectivity index (χ4v) is 15.2. The van der Waals surface area contributed by atoms with Gasteiger partial charge in [-0.2, -0.15) is 0 Å². The Labute approximate surface area is 655 Å². The van der Waals surface area contributed by atoms with Gasteiger partial charge in [-0.3, -0.25) is 29.9 Å². The quantitative estimate of drug-likeness (QED) is 0.0470. The van der Waals surface area contributed by atoms with E-state index in [2.05, 4.69) is 213 Å². The predicted molar refractivity (Wildman–Crippen MR) is 447 cm³/mol. The van der Waals surface area contributed by atoms with Crippen molar-refractivity contribution in [3.05, 3.63) is 144 Å². The van der Waals surface area contributed by atoms with Crippen molar-refractivity contribution in [3.63, 3.8) is 0 Å². The summed E-state index contributed by atoms with van der Waals surface area (Å²) in [5.74, 6) is 2.72. The minimum atomic E-state index is -1.09. The zero-order valence-corrected chi connectivity index (χ0v) is 69.8. The summed E-state index contributed by atoms with van der Waals surface area (Å²) in [4.78, 5) is 46.2. The zero-order chi connectivity index (χ0) is 79.8. The smallest absolute Gasteiger partial charge is 0.129 e. The molecule has 6 N–H and O–H groups in total. The summed E-state index contributed by atoms with van der Waals surface area (Å²) in [6.45, 7) is 37.4. The van der Waals surface area contributed by atoms with E-state index in [1.54, 1.807) is 6.20 Å². The van der Waals surface area contributed by atoms with E-state index in [1.807, 2.05) is 90.3 Å². The Hall–Kier alpha value is -6.73. The van der Waals surface area contributed by atoms with E-state index in [1.165, 1.54) is 0 Å². The van der Waals surface area contributed by atoms with Gasteiger partial charge >= 0.3 is 0 Å². The van der Waals surface area contributed by atoms with Crippen molar-refractivity contribution in [1.82, 2.24) is 44.6 Å². The molecule has 6 aromatic rings. The molecule has 22 heteroatoms. The second kappa shape index (κ2) is 42.8. The first-order valence-corrected chi connectivity index (χ1v) is 40.6. The number of likely N-dealkylation sites (N-methyl/N-ethyl adjacent to an activating group) is 3. The topological polar surface area (TPSA) is 228 Å². The number of rotatable bonds is 18. The van der Waals surface area contributed by atoms with E-state index in [0.717, 1.165) is 178 Å². The van der Waals surface area contributed by atoms with Gasteiger partial charge in [0.05, 0.1) is 100 Å². The fraction of sp³-hybridized carbons (Fsp3) is 0.655. The number of alkyl halides is 1. The fourth-order valence-electron chi connectivity index (χ4n) is 15.2. The molecule has 6 aromatic heterocycles. The van der Waals surface area contributed by atoms with Crippen LogP contribution in [0.15, 0.2) is 110 Å². The van der Waals surface area contributed by atoms with Gasteiger partial charge in [0, 0.05) is 132 Å². The monoisotopic (exact) mass is 1510 g/mol. The third-order valence-electron chi connectivity index (χ3n) is 21.2. The first kappa shape index (κ1) is 89.5. The summed E-state index contributed by atoms with van der Waals surface area (Å²) < 4.78 is 13.1. The average Bonchev–Trinajstić information content (AvgIpc) is 0.819. The third-order valence-corrected chi connectivity index (χ3v) is 21.2. The first-order valence-electron chi connectivity index (χ1n) is 40.6. The van der Waals surface area contributed by atoms with Gasteiger partial charge in [-0.1, -0.05) is 83.1 Å². The molecule has 6 aliphatic rings. The molecule has 0 spiro atoms. The van der Waals surface area contributed by atoms with Crippen LogP contribution in [0.2, 0.25) is 0 Å². The van der Waals surface area contributed by atoms with Crippen molar-refractivity contribution >= 4 is 34.1 Å². The number of hydrogen-bond acceptors (Lipinski definition) is 21. The lowest BCUT2D eigenvalue weighted by molar-refractivity contribution is 0.00324. The maximum atomic E-state index is 13.1. The van der Waals surface area contributed by atoms with Crippen LogP contribution < -0.4 is 29.4 Å². The van der Waals surface area contributed by atoms with Crippen molar-refractivity contribution in [3.8, 4) is 0 Å². The van der Waals surface area contributed by atoms with Crippen LogP contribution in [0.3, 0.4) is 0 Å². The lowest BCUT2D eigenvalue weighted by atomic mass is 9.92. The number of aliphatic hydroxyl groups excluding tert-OH is 3. The number of pyridine rings is 6. The Bertz CT molecular complexity index is 3250. The van der Waals surface area contributed by atoms with Crippen molar-refractivity contribution in [1.29, 1.82) is 0 Å². The molecule has 606 valence electrons. The Morgan fingerprint density at radius 1 is 0.339 bits per heavy atom. The lowest BCUT2D eigenvalue weighted by Crippen LogP contribution is -2.53. The number of anilines is 6. The molecule has 21 nitrogen and oxygen atoms in total. The minimum Gasteiger partial charge on any atom is -0.391 e. The lowest BCUT2D eigenvalue weighted by Gasteiger charge is -2.41. The molecule has 0 radical (unpaired) electrons. The van der Waals surface area contributed by atoms with Crippen LogP contribution in [0.4, 0.5) is 38.5 Å². The Balaban J connectivity index is 0.000000182. The standard InChI is InChI=1S/3C16H27N3O.C13H19FN2O.2C13H20N2O/c3*1-13(2)15-7-6-14(10-17-15)19-9-5-8-16(20,12-19)11-18(3)4;1-9(2)12-4-3-10(7-15-12)16-6-5-11(14)13(17)8-16;2*1-10(2)13-6-5-11(8-14-13)15-7-3-4-12(16)9-15/h3*6-7,10,13,20H,5,8-9,11-12H2,1-4H3;3-4,7,9,11,13,17H,5-6,8H2,1-2H3;2*5-6,8,10,12,16H,3-4,7,9H2,1-2H3/t2*16-;;;2*12-/m10..10/s1. The van der Waals surface area contributed by atoms with Gasteiger partial charge in [0.25, 0.3) is 0 Å². The van der Waals surface area contributed by atoms with Gasteiger partial charge in [0.2, 0.25) is 0 Å². The van der Waals surface area contributed by atoms with Crippen LogP contribution in [-0.4, -0.2) is 257 Å². The molecule has 7 atom stereocenters. The highest BCUT2D eigenvalue weighted by molar-refractivity contribution is 5.50. The minimum absolute atomic E-state index is 0.182. The van der Waals surface area contributed by atoms with Gasteiger partial charge in [-0.25, -0.2) is 4.39 Å². The summed E-state index contributed by atoms with van der Waals surface area (Å²) in [5, 5.41) is 60.9. The molecule has 0 amide bonds. The molecular weight excluding hydrogens is 1370 g/mol. The molecule has 109 heavy (non-hydrogen) atoms. The number of aromatic nitrogens is 6. The second-order valence-electron chi connectivity index (χ2n) is 34.3. The van der Waals surface area contributed by atoms with E-state index < -0.39 is 29.1 Å². The molecule has 12 rings (SSSR count). The van der Waals surface area contributed by atoms with Crippen molar-refractivity contribution in [2.24, 2.45) is 0 Å². The van der Waals surface area contributed by atoms with E-state index in [9.17, 15) is 35.0 Å². The first-order chi connectivity index (χ1) is 51.6.